The minimum Gasteiger partial charge on any atom is -0.506 e. The maximum absolute atomic E-state index is 12.2. The molecule has 0 saturated carbocycles. The molecule has 1 aromatic heterocycles. The van der Waals surface area contributed by atoms with Gasteiger partial charge in [0.1, 0.15) is 16.9 Å². The van der Waals surface area contributed by atoms with Gasteiger partial charge in [-0.1, -0.05) is 11.3 Å². The molecule has 1 heterocycles. The number of carbonyl (C=O) groups is 2. The first kappa shape index (κ1) is 20.8. The number of ketones is 1. The van der Waals surface area contributed by atoms with Crippen molar-refractivity contribution >= 4 is 23.1 Å². The van der Waals surface area contributed by atoms with Gasteiger partial charge in [-0.05, 0) is 32.0 Å². The quantitative estimate of drug-likeness (QED) is 0.433. The molecule has 0 atom stereocenters. The molecule has 148 valence electrons. The lowest BCUT2D eigenvalue weighted by Crippen LogP contribution is -2.28. The van der Waals surface area contributed by atoms with Gasteiger partial charge in [-0.15, -0.1) is 0 Å². The molecule has 1 amide bonds. The highest BCUT2D eigenvalue weighted by atomic mass is 16.9. The lowest BCUT2D eigenvalue weighted by atomic mass is 10.1. The molecule has 10 heteroatoms. The van der Waals surface area contributed by atoms with Gasteiger partial charge >= 0.3 is 11.5 Å². The lowest BCUT2D eigenvalue weighted by molar-refractivity contribution is -0.299. The molecule has 2 aromatic rings. The Morgan fingerprint density at radius 1 is 1.11 bits per heavy atom. The first-order chi connectivity index (χ1) is 13.2. The van der Waals surface area contributed by atoms with Gasteiger partial charge in [0.15, 0.2) is 5.78 Å². The summed E-state index contributed by atoms with van der Waals surface area (Å²) < 4.78 is 4.61. The Balaban J connectivity index is 2.52. The summed E-state index contributed by atoms with van der Waals surface area (Å²) in [4.78, 5) is 49.6. The first-order valence-corrected chi connectivity index (χ1v) is 7.89. The monoisotopic (exact) mass is 390 g/mol. The van der Waals surface area contributed by atoms with Crippen LogP contribution in [0.2, 0.25) is 0 Å². The van der Waals surface area contributed by atoms with Crippen LogP contribution in [0.4, 0.5) is 5.69 Å². The standard InChI is InChI=1S/C18H18N2O8/c1-9(13-15(22)14(10(2)21)18(25)28-17(13)24)19-12-7-5-6-11(8-12)16(23)20(26-3)27-4/h5-8,22,25H,1-4H3. The van der Waals surface area contributed by atoms with Crippen LogP contribution in [-0.4, -0.2) is 47.1 Å². The Morgan fingerprint density at radius 3 is 2.32 bits per heavy atom. The summed E-state index contributed by atoms with van der Waals surface area (Å²) in [6.45, 7) is 2.50. The van der Waals surface area contributed by atoms with E-state index in [2.05, 4.69) is 9.41 Å². The van der Waals surface area contributed by atoms with Crippen LogP contribution >= 0.6 is 0 Å². The second-order valence-electron chi connectivity index (χ2n) is 5.52. The molecule has 0 aliphatic carbocycles. The van der Waals surface area contributed by atoms with E-state index in [0.717, 1.165) is 6.92 Å². The molecule has 2 rings (SSSR count). The molecule has 0 aliphatic rings. The molecule has 0 unspecified atom stereocenters. The molecule has 1 aromatic carbocycles. The maximum Gasteiger partial charge on any atom is 0.351 e. The first-order valence-electron chi connectivity index (χ1n) is 7.89. The van der Waals surface area contributed by atoms with Crippen molar-refractivity contribution in [2.45, 2.75) is 13.8 Å². The fraction of sp³-hybridized carbons (Fsp3) is 0.222. The maximum atomic E-state index is 12.2. The third-order valence-electron chi connectivity index (χ3n) is 3.68. The second kappa shape index (κ2) is 8.46. The summed E-state index contributed by atoms with van der Waals surface area (Å²) in [5.74, 6) is -3.00. The fourth-order valence-electron chi connectivity index (χ4n) is 2.45. The summed E-state index contributed by atoms with van der Waals surface area (Å²) in [7, 11) is 2.51. The molecule has 0 fully saturated rings. The number of Topliss-reactive ketones (excluding diaryl/α,β-unsaturated/α-hetero) is 1. The zero-order chi connectivity index (χ0) is 21.0. The number of aromatic hydroxyl groups is 2. The number of nitrogens with zero attached hydrogens (tertiary/aromatic N) is 2. The normalized spacial score (nSPS) is 11.4. The highest BCUT2D eigenvalue weighted by molar-refractivity contribution is 6.07. The van der Waals surface area contributed by atoms with Crippen LogP contribution in [-0.2, 0) is 9.68 Å². The van der Waals surface area contributed by atoms with Crippen LogP contribution in [0.1, 0.15) is 40.1 Å². The Labute approximate surface area is 159 Å². The van der Waals surface area contributed by atoms with Gasteiger partial charge in [0.25, 0.3) is 5.95 Å². The summed E-state index contributed by atoms with van der Waals surface area (Å²) in [5.41, 5.74) is -1.51. The van der Waals surface area contributed by atoms with E-state index in [1.165, 1.54) is 33.3 Å². The van der Waals surface area contributed by atoms with Crippen molar-refractivity contribution in [3.05, 3.63) is 51.4 Å². The van der Waals surface area contributed by atoms with Crippen LogP contribution in [0.3, 0.4) is 0 Å². The Bertz CT molecular complexity index is 1010. The van der Waals surface area contributed by atoms with Crippen LogP contribution in [0.15, 0.2) is 38.5 Å². The van der Waals surface area contributed by atoms with Crippen molar-refractivity contribution in [1.82, 2.24) is 5.23 Å². The van der Waals surface area contributed by atoms with Crippen LogP contribution in [0.5, 0.6) is 11.7 Å². The van der Waals surface area contributed by atoms with Gasteiger partial charge in [0.05, 0.1) is 25.6 Å². The van der Waals surface area contributed by atoms with Crippen molar-refractivity contribution in [2.24, 2.45) is 4.99 Å². The van der Waals surface area contributed by atoms with Crippen molar-refractivity contribution in [3.63, 3.8) is 0 Å². The average Bonchev–Trinajstić information content (AvgIpc) is 2.61. The van der Waals surface area contributed by atoms with E-state index < -0.39 is 34.6 Å². The zero-order valence-electron chi connectivity index (χ0n) is 15.5. The topological polar surface area (TPSA) is 139 Å². The van der Waals surface area contributed by atoms with Gasteiger partial charge in [-0.2, -0.15) is 0 Å². The molecule has 0 spiro atoms. The van der Waals surface area contributed by atoms with Crippen molar-refractivity contribution in [1.29, 1.82) is 0 Å². The molecule has 0 radical (unpaired) electrons. The fourth-order valence-corrected chi connectivity index (χ4v) is 2.45. The number of aliphatic imine (C=N–C) groups is 1. The number of amides is 1. The molecule has 0 aliphatic heterocycles. The third kappa shape index (κ3) is 4.08. The molecular formula is C18H18N2O8. The highest BCUT2D eigenvalue weighted by Gasteiger charge is 2.24. The Hall–Kier alpha value is -3.50. The van der Waals surface area contributed by atoms with Gasteiger partial charge in [0.2, 0.25) is 0 Å². The number of rotatable bonds is 6. The number of carbonyl (C=O) groups excluding carboxylic acids is 2. The molecule has 2 N–H and O–H groups in total. The number of hydrogen-bond acceptors (Lipinski definition) is 9. The van der Waals surface area contributed by atoms with Crippen molar-refractivity contribution in [3.8, 4) is 11.7 Å². The predicted octanol–water partition coefficient (Wildman–Crippen LogP) is 1.96. The predicted molar refractivity (Wildman–Crippen MR) is 96.8 cm³/mol. The van der Waals surface area contributed by atoms with Crippen LogP contribution in [0.25, 0.3) is 0 Å². The minimum absolute atomic E-state index is 0.00804. The average molecular weight is 390 g/mol. The summed E-state index contributed by atoms with van der Waals surface area (Å²) in [6, 6.07) is 6.00. The zero-order valence-corrected chi connectivity index (χ0v) is 15.5. The smallest absolute Gasteiger partial charge is 0.351 e. The number of hydroxylamine groups is 2. The Morgan fingerprint density at radius 2 is 1.75 bits per heavy atom. The van der Waals surface area contributed by atoms with E-state index in [-0.39, 0.29) is 22.5 Å². The summed E-state index contributed by atoms with van der Waals surface area (Å²) >= 11 is 0. The van der Waals surface area contributed by atoms with Crippen molar-refractivity contribution in [2.75, 3.05) is 14.2 Å². The minimum atomic E-state index is -1.07. The van der Waals surface area contributed by atoms with E-state index in [4.69, 9.17) is 9.68 Å². The largest absolute Gasteiger partial charge is 0.506 e. The molecular weight excluding hydrogens is 372 g/mol. The molecule has 10 nitrogen and oxygen atoms in total. The Kier molecular flexibility index (Phi) is 6.29. The van der Waals surface area contributed by atoms with E-state index in [1.54, 1.807) is 12.1 Å². The molecule has 28 heavy (non-hydrogen) atoms. The van der Waals surface area contributed by atoms with Crippen molar-refractivity contribution < 1.29 is 33.9 Å². The van der Waals surface area contributed by atoms with Crippen LogP contribution in [0, 0.1) is 0 Å². The molecule has 0 saturated heterocycles. The van der Waals surface area contributed by atoms with E-state index >= 15 is 0 Å². The van der Waals surface area contributed by atoms with E-state index in [0.29, 0.717) is 5.23 Å². The number of hydrogen-bond donors (Lipinski definition) is 2. The van der Waals surface area contributed by atoms with Gasteiger partial charge < -0.3 is 14.6 Å². The highest BCUT2D eigenvalue weighted by Crippen LogP contribution is 2.29. The number of benzene rings is 1. The van der Waals surface area contributed by atoms with Gasteiger partial charge in [-0.3, -0.25) is 14.6 Å². The van der Waals surface area contributed by atoms with Crippen LogP contribution < -0.4 is 5.63 Å². The SMILES string of the molecule is CON(OC)C(=O)c1cccc(N=C(C)c2c(O)c(C(C)=O)c(O)oc2=O)c1. The van der Waals surface area contributed by atoms with Gasteiger partial charge in [0, 0.05) is 5.56 Å². The summed E-state index contributed by atoms with van der Waals surface area (Å²) in [6.07, 6.45) is 0. The lowest BCUT2D eigenvalue weighted by Gasteiger charge is -2.15. The van der Waals surface area contributed by atoms with E-state index in [1.807, 2.05) is 0 Å². The summed E-state index contributed by atoms with van der Waals surface area (Å²) in [5, 5.41) is 20.5. The second-order valence-corrected chi connectivity index (χ2v) is 5.52. The third-order valence-corrected chi connectivity index (χ3v) is 3.68. The van der Waals surface area contributed by atoms with E-state index in [9.17, 15) is 24.6 Å². The molecule has 0 bridgehead atoms. The van der Waals surface area contributed by atoms with Gasteiger partial charge in [-0.25, -0.2) is 14.5 Å².